The molecule has 0 bridgehead atoms. The first-order valence-corrected chi connectivity index (χ1v) is 9.97. The van der Waals surface area contributed by atoms with Crippen LogP contribution in [0.25, 0.3) is 0 Å². The van der Waals surface area contributed by atoms with Crippen LogP contribution in [0.2, 0.25) is 0 Å². The topological polar surface area (TPSA) is 81.1 Å². The molecule has 3 rings (SSSR count). The molecule has 3 N–H and O–H groups in total. The molecule has 0 aromatic heterocycles. The smallest absolute Gasteiger partial charge is 0.294 e. The standard InChI is InChI=1S/C18H25N3O4S/c1-2-24-9-3-6-19-16(22)13-4-5-15-14(12-13)20-17(23)18(26-15)21-7-10-25-11-8-21/h4-5,12,18H,2-3,6-11H2,1H3,(H,19,22)(H,20,23)/p+1. The average Bonchev–Trinajstić information content (AvgIpc) is 2.67. The lowest BCUT2D eigenvalue weighted by Gasteiger charge is -2.32. The molecule has 0 spiro atoms. The van der Waals surface area contributed by atoms with Crippen LogP contribution in [0, 0.1) is 0 Å². The van der Waals surface area contributed by atoms with Gasteiger partial charge in [-0.15, -0.1) is 0 Å². The van der Waals surface area contributed by atoms with Gasteiger partial charge < -0.3 is 25.0 Å². The fraction of sp³-hybridized carbons (Fsp3) is 0.556. The van der Waals surface area contributed by atoms with Crippen molar-refractivity contribution in [2.75, 3.05) is 51.4 Å². The minimum Gasteiger partial charge on any atom is -0.382 e. The second-order valence-corrected chi connectivity index (χ2v) is 7.42. The number of hydrogen-bond acceptors (Lipinski definition) is 5. The van der Waals surface area contributed by atoms with Crippen molar-refractivity contribution in [3.05, 3.63) is 23.8 Å². The van der Waals surface area contributed by atoms with E-state index in [4.69, 9.17) is 9.47 Å². The van der Waals surface area contributed by atoms with Crippen LogP contribution < -0.4 is 15.5 Å². The van der Waals surface area contributed by atoms with Gasteiger partial charge in [-0.1, -0.05) is 11.8 Å². The van der Waals surface area contributed by atoms with E-state index >= 15 is 0 Å². The molecule has 0 aliphatic carbocycles. The quantitative estimate of drug-likeness (QED) is 0.586. The number of rotatable bonds is 7. The number of carbonyl (C=O) groups excluding carboxylic acids is 2. The Morgan fingerprint density at radius 1 is 1.42 bits per heavy atom. The van der Waals surface area contributed by atoms with Gasteiger partial charge in [-0.05, 0) is 31.5 Å². The van der Waals surface area contributed by atoms with E-state index in [0.717, 1.165) is 24.4 Å². The second-order valence-electron chi connectivity index (χ2n) is 6.28. The summed E-state index contributed by atoms with van der Waals surface area (Å²) in [5.41, 5.74) is 1.27. The Balaban J connectivity index is 1.59. The summed E-state index contributed by atoms with van der Waals surface area (Å²) in [6.07, 6.45) is 0.779. The molecule has 0 radical (unpaired) electrons. The lowest BCUT2D eigenvalue weighted by Crippen LogP contribution is -3.18. The maximum Gasteiger partial charge on any atom is 0.294 e. The third-order valence-corrected chi connectivity index (χ3v) is 5.84. The van der Waals surface area contributed by atoms with E-state index in [1.807, 2.05) is 19.1 Å². The van der Waals surface area contributed by atoms with Gasteiger partial charge in [-0.3, -0.25) is 9.59 Å². The minimum absolute atomic E-state index is 0.00586. The highest BCUT2D eigenvalue weighted by Gasteiger charge is 2.36. The Labute approximate surface area is 157 Å². The van der Waals surface area contributed by atoms with Gasteiger partial charge in [0.25, 0.3) is 11.8 Å². The number of carbonyl (C=O) groups is 2. The molecular formula is C18H26N3O4S+. The zero-order valence-corrected chi connectivity index (χ0v) is 15.8. The van der Waals surface area contributed by atoms with E-state index in [9.17, 15) is 9.59 Å². The fourth-order valence-corrected chi connectivity index (χ4v) is 4.24. The van der Waals surface area contributed by atoms with Crippen molar-refractivity contribution in [1.82, 2.24) is 5.32 Å². The molecule has 0 saturated carbocycles. The molecule has 2 heterocycles. The second kappa shape index (κ2) is 9.36. The molecule has 1 saturated heterocycles. The molecule has 2 aliphatic heterocycles. The van der Waals surface area contributed by atoms with E-state index < -0.39 is 0 Å². The lowest BCUT2D eigenvalue weighted by atomic mass is 10.1. The number of nitrogens with one attached hydrogen (secondary N) is 3. The van der Waals surface area contributed by atoms with Gasteiger partial charge in [0, 0.05) is 30.2 Å². The molecule has 1 fully saturated rings. The zero-order chi connectivity index (χ0) is 18.4. The van der Waals surface area contributed by atoms with Gasteiger partial charge >= 0.3 is 0 Å². The number of morpholine rings is 1. The van der Waals surface area contributed by atoms with E-state index in [0.29, 0.717) is 44.2 Å². The maximum atomic E-state index is 12.5. The number of ether oxygens (including phenoxy) is 2. The molecule has 2 amide bonds. The van der Waals surface area contributed by atoms with E-state index in [1.54, 1.807) is 17.8 Å². The highest BCUT2D eigenvalue weighted by Crippen LogP contribution is 2.34. The number of quaternary nitrogens is 1. The van der Waals surface area contributed by atoms with Crippen molar-refractivity contribution in [1.29, 1.82) is 0 Å². The van der Waals surface area contributed by atoms with Gasteiger partial charge in [0.15, 0.2) is 0 Å². The number of benzene rings is 1. The average molecular weight is 380 g/mol. The molecule has 142 valence electrons. The minimum atomic E-state index is -0.162. The van der Waals surface area contributed by atoms with Gasteiger partial charge in [0.2, 0.25) is 5.37 Å². The first kappa shape index (κ1) is 19.2. The van der Waals surface area contributed by atoms with Crippen molar-refractivity contribution in [2.45, 2.75) is 23.6 Å². The van der Waals surface area contributed by atoms with Crippen molar-refractivity contribution in [3.8, 4) is 0 Å². The van der Waals surface area contributed by atoms with E-state index in [-0.39, 0.29) is 17.2 Å². The molecule has 2 aliphatic rings. The van der Waals surface area contributed by atoms with Crippen LogP contribution >= 0.6 is 11.8 Å². The molecular weight excluding hydrogens is 354 g/mol. The fourth-order valence-electron chi connectivity index (χ4n) is 3.04. The molecule has 1 unspecified atom stereocenters. The predicted octanol–water partition coefficient (Wildman–Crippen LogP) is 0.128. The Kier molecular flexibility index (Phi) is 6.90. The van der Waals surface area contributed by atoms with E-state index in [2.05, 4.69) is 10.6 Å². The Morgan fingerprint density at radius 3 is 3.00 bits per heavy atom. The van der Waals surface area contributed by atoms with Crippen LogP contribution in [-0.2, 0) is 14.3 Å². The third-order valence-electron chi connectivity index (χ3n) is 4.44. The SMILES string of the molecule is CCOCCCNC(=O)c1ccc2c(c1)NC(=O)C([NH+]1CCOCC1)S2. The largest absolute Gasteiger partial charge is 0.382 e. The van der Waals surface area contributed by atoms with Gasteiger partial charge in [-0.25, -0.2) is 0 Å². The maximum absolute atomic E-state index is 12.5. The molecule has 26 heavy (non-hydrogen) atoms. The van der Waals surface area contributed by atoms with Crippen molar-refractivity contribution in [2.24, 2.45) is 0 Å². The Morgan fingerprint density at radius 2 is 2.23 bits per heavy atom. The number of fused-ring (bicyclic) bond motifs is 1. The van der Waals surface area contributed by atoms with Crippen LogP contribution in [0.1, 0.15) is 23.7 Å². The zero-order valence-electron chi connectivity index (χ0n) is 15.0. The summed E-state index contributed by atoms with van der Waals surface area (Å²) in [6.45, 7) is 6.89. The Hall–Kier alpha value is -1.61. The summed E-state index contributed by atoms with van der Waals surface area (Å²) in [4.78, 5) is 27.0. The van der Waals surface area contributed by atoms with Crippen molar-refractivity contribution >= 4 is 29.3 Å². The number of anilines is 1. The molecule has 1 aromatic rings. The van der Waals surface area contributed by atoms with Crippen LogP contribution in [0.3, 0.4) is 0 Å². The predicted molar refractivity (Wildman–Crippen MR) is 99.7 cm³/mol. The number of hydrogen-bond donors (Lipinski definition) is 3. The van der Waals surface area contributed by atoms with Gasteiger partial charge in [-0.2, -0.15) is 0 Å². The van der Waals surface area contributed by atoms with Crippen LogP contribution in [0.5, 0.6) is 0 Å². The molecule has 7 nitrogen and oxygen atoms in total. The van der Waals surface area contributed by atoms with Crippen molar-refractivity contribution < 1.29 is 24.0 Å². The first-order chi connectivity index (χ1) is 12.7. The number of amides is 2. The van der Waals surface area contributed by atoms with Crippen LogP contribution in [0.4, 0.5) is 5.69 Å². The highest BCUT2D eigenvalue weighted by molar-refractivity contribution is 8.00. The summed E-state index contributed by atoms with van der Waals surface area (Å²) in [7, 11) is 0. The summed E-state index contributed by atoms with van der Waals surface area (Å²) in [5.74, 6) is -0.141. The normalized spacial score (nSPS) is 20.3. The van der Waals surface area contributed by atoms with E-state index in [1.165, 1.54) is 4.90 Å². The van der Waals surface area contributed by atoms with Gasteiger partial charge in [0.05, 0.1) is 18.9 Å². The molecule has 8 heteroatoms. The summed E-state index contributed by atoms with van der Waals surface area (Å²) >= 11 is 1.57. The first-order valence-electron chi connectivity index (χ1n) is 9.09. The number of thioether (sulfide) groups is 1. The Bertz CT molecular complexity index is 649. The summed E-state index contributed by atoms with van der Waals surface area (Å²) in [6, 6.07) is 5.48. The monoisotopic (exact) mass is 380 g/mol. The highest BCUT2D eigenvalue weighted by atomic mass is 32.2. The lowest BCUT2D eigenvalue weighted by molar-refractivity contribution is -0.909. The van der Waals surface area contributed by atoms with Crippen LogP contribution in [-0.4, -0.2) is 63.3 Å². The van der Waals surface area contributed by atoms with Crippen LogP contribution in [0.15, 0.2) is 23.1 Å². The van der Waals surface area contributed by atoms with Crippen molar-refractivity contribution in [3.63, 3.8) is 0 Å². The third kappa shape index (κ3) is 4.76. The molecule has 1 atom stereocenters. The summed E-state index contributed by atoms with van der Waals surface area (Å²) < 4.78 is 10.6. The summed E-state index contributed by atoms with van der Waals surface area (Å²) in [5, 5.41) is 5.68. The molecule has 1 aromatic carbocycles. The van der Waals surface area contributed by atoms with Gasteiger partial charge in [0.1, 0.15) is 13.1 Å².